The van der Waals surface area contributed by atoms with Crippen LogP contribution in [0.25, 0.3) is 0 Å². The molecular weight excluding hydrogens is 386 g/mol. The Bertz CT molecular complexity index is 827. The second-order valence-corrected chi connectivity index (χ2v) is 7.82. The average Bonchev–Trinajstić information content (AvgIpc) is 3.25. The number of benzene rings is 2. The normalized spacial score (nSPS) is 13.1. The Morgan fingerprint density at radius 3 is 2.19 bits per heavy atom. The molecule has 1 aliphatic rings. The molecule has 2 N–H and O–H groups in total. The Balaban J connectivity index is 1.29. The van der Waals surface area contributed by atoms with Crippen LogP contribution in [0.2, 0.25) is 0 Å². The van der Waals surface area contributed by atoms with E-state index in [0.29, 0.717) is 6.42 Å². The summed E-state index contributed by atoms with van der Waals surface area (Å²) in [5, 5.41) is 6.69. The molecule has 0 bridgehead atoms. The summed E-state index contributed by atoms with van der Waals surface area (Å²) >= 11 is 0. The second kappa shape index (κ2) is 12.0. The third kappa shape index (κ3) is 6.74. The third-order valence-corrected chi connectivity index (χ3v) is 5.68. The fourth-order valence-corrected chi connectivity index (χ4v) is 3.92. The van der Waals surface area contributed by atoms with Crippen LogP contribution >= 0.6 is 0 Å². The zero-order valence-corrected chi connectivity index (χ0v) is 18.8. The largest absolute Gasteiger partial charge is 0.372 e. The van der Waals surface area contributed by atoms with Gasteiger partial charge in [-0.3, -0.25) is 9.79 Å². The average molecular weight is 422 g/mol. The molecule has 0 saturated heterocycles. The van der Waals surface area contributed by atoms with Crippen LogP contribution in [0.15, 0.2) is 59.6 Å². The number of aliphatic imine (C=N–C) groups is 1. The Morgan fingerprint density at radius 2 is 1.58 bits per heavy atom. The van der Waals surface area contributed by atoms with E-state index in [-0.39, 0.29) is 5.91 Å². The molecule has 6 nitrogen and oxygen atoms in total. The van der Waals surface area contributed by atoms with Gasteiger partial charge in [-0.2, -0.15) is 0 Å². The summed E-state index contributed by atoms with van der Waals surface area (Å²) in [6, 6.07) is 18.8. The van der Waals surface area contributed by atoms with E-state index in [1.165, 1.54) is 16.8 Å². The quantitative estimate of drug-likeness (QED) is 0.351. The Kier molecular flexibility index (Phi) is 8.76. The molecule has 0 aromatic heterocycles. The van der Waals surface area contributed by atoms with Crippen LogP contribution in [0.3, 0.4) is 0 Å². The Morgan fingerprint density at radius 1 is 0.968 bits per heavy atom. The lowest BCUT2D eigenvalue weighted by Crippen LogP contribution is -2.39. The predicted octanol–water partition coefficient (Wildman–Crippen LogP) is 3.39. The molecule has 0 aliphatic carbocycles. The lowest BCUT2D eigenvalue weighted by molar-refractivity contribution is -0.131. The molecule has 0 atom stereocenters. The maximum Gasteiger partial charge on any atom is 0.223 e. The van der Waals surface area contributed by atoms with Gasteiger partial charge in [0.2, 0.25) is 5.91 Å². The summed E-state index contributed by atoms with van der Waals surface area (Å²) in [5.74, 6) is 1.02. The number of carbonyl (C=O) groups is 1. The highest BCUT2D eigenvalue weighted by Crippen LogP contribution is 2.22. The van der Waals surface area contributed by atoms with Gasteiger partial charge in [-0.15, -0.1) is 0 Å². The number of nitrogens with zero attached hydrogens (tertiary/aromatic N) is 3. The Labute approximate surface area is 186 Å². The van der Waals surface area contributed by atoms with E-state index in [9.17, 15) is 4.79 Å². The first-order valence-corrected chi connectivity index (χ1v) is 11.3. The summed E-state index contributed by atoms with van der Waals surface area (Å²) < 4.78 is 0. The van der Waals surface area contributed by atoms with E-state index in [2.05, 4.69) is 63.8 Å². The first-order valence-electron chi connectivity index (χ1n) is 11.3. The van der Waals surface area contributed by atoms with Gasteiger partial charge in [0, 0.05) is 58.4 Å². The van der Waals surface area contributed by atoms with Crippen LogP contribution in [0, 0.1) is 0 Å². The van der Waals surface area contributed by atoms with Crippen molar-refractivity contribution >= 4 is 17.6 Å². The molecule has 2 aromatic rings. The van der Waals surface area contributed by atoms with Gasteiger partial charge >= 0.3 is 0 Å². The zero-order valence-electron chi connectivity index (χ0n) is 18.8. The van der Waals surface area contributed by atoms with E-state index in [4.69, 9.17) is 0 Å². The number of fused-ring (bicyclic) bond motifs is 1. The molecule has 0 spiro atoms. The number of amides is 1. The first kappa shape index (κ1) is 22.7. The minimum absolute atomic E-state index is 0.224. The summed E-state index contributed by atoms with van der Waals surface area (Å²) in [7, 11) is 1.78. The lowest BCUT2D eigenvalue weighted by atomic mass is 10.1. The number of anilines is 1. The maximum absolute atomic E-state index is 12.5. The standard InChI is InChI=1S/C25H35N5O/c1-3-29(23-13-5-4-6-14-23)18-10-17-28-25(26-2)27-16-9-15-24(31)30-19-21-11-7-8-12-22(21)20-30/h4-8,11-14H,3,9-10,15-20H2,1-2H3,(H2,26,27,28). The molecule has 6 heteroatoms. The van der Waals surface area contributed by atoms with Gasteiger partial charge in [0.05, 0.1) is 0 Å². The fraction of sp³-hybridized carbons (Fsp3) is 0.440. The van der Waals surface area contributed by atoms with E-state index in [1.807, 2.05) is 23.1 Å². The number of para-hydroxylation sites is 1. The highest BCUT2D eigenvalue weighted by atomic mass is 16.2. The summed E-state index contributed by atoms with van der Waals surface area (Å²) in [4.78, 5) is 21.1. The highest BCUT2D eigenvalue weighted by Gasteiger charge is 2.22. The van der Waals surface area contributed by atoms with E-state index in [0.717, 1.165) is 58.1 Å². The molecule has 2 aromatic carbocycles. The predicted molar refractivity (Wildman–Crippen MR) is 128 cm³/mol. The second-order valence-electron chi connectivity index (χ2n) is 7.82. The van der Waals surface area contributed by atoms with E-state index >= 15 is 0 Å². The monoisotopic (exact) mass is 421 g/mol. The van der Waals surface area contributed by atoms with Crippen molar-refractivity contribution in [3.8, 4) is 0 Å². The number of nitrogens with one attached hydrogen (secondary N) is 2. The van der Waals surface area contributed by atoms with Crippen molar-refractivity contribution in [2.75, 3.05) is 38.1 Å². The highest BCUT2D eigenvalue weighted by molar-refractivity contribution is 5.80. The zero-order chi connectivity index (χ0) is 21.9. The molecule has 0 unspecified atom stereocenters. The summed E-state index contributed by atoms with van der Waals surface area (Å²) in [6.45, 7) is 7.24. The molecule has 31 heavy (non-hydrogen) atoms. The van der Waals surface area contributed by atoms with Crippen molar-refractivity contribution in [1.82, 2.24) is 15.5 Å². The molecule has 0 saturated carbocycles. The van der Waals surface area contributed by atoms with Crippen molar-refractivity contribution in [3.05, 3.63) is 65.7 Å². The maximum atomic E-state index is 12.5. The van der Waals surface area contributed by atoms with E-state index < -0.39 is 0 Å². The van der Waals surface area contributed by atoms with Crippen molar-refractivity contribution in [2.24, 2.45) is 4.99 Å². The molecule has 3 rings (SSSR count). The van der Waals surface area contributed by atoms with Crippen molar-refractivity contribution < 1.29 is 4.79 Å². The van der Waals surface area contributed by atoms with Crippen molar-refractivity contribution in [1.29, 1.82) is 0 Å². The van der Waals surface area contributed by atoms with Crippen LogP contribution < -0.4 is 15.5 Å². The van der Waals surface area contributed by atoms with Gasteiger partial charge < -0.3 is 20.4 Å². The van der Waals surface area contributed by atoms with Gasteiger partial charge in [-0.1, -0.05) is 42.5 Å². The SMILES string of the molecule is CCN(CCCNC(=NC)NCCCC(=O)N1Cc2ccccc2C1)c1ccccc1. The number of hydrogen-bond acceptors (Lipinski definition) is 3. The van der Waals surface area contributed by atoms with Crippen LogP contribution in [-0.2, 0) is 17.9 Å². The minimum atomic E-state index is 0.224. The number of rotatable bonds is 10. The minimum Gasteiger partial charge on any atom is -0.372 e. The topological polar surface area (TPSA) is 60.0 Å². The molecule has 1 aliphatic heterocycles. The molecule has 1 amide bonds. The van der Waals surface area contributed by atoms with Crippen molar-refractivity contribution in [3.63, 3.8) is 0 Å². The molecule has 0 radical (unpaired) electrons. The van der Waals surface area contributed by atoms with Crippen LogP contribution in [0.5, 0.6) is 0 Å². The molecule has 0 fully saturated rings. The lowest BCUT2D eigenvalue weighted by Gasteiger charge is -2.23. The van der Waals surface area contributed by atoms with Crippen molar-refractivity contribution in [2.45, 2.75) is 39.3 Å². The molecule has 166 valence electrons. The van der Waals surface area contributed by atoms with Crippen LogP contribution in [-0.4, -0.2) is 50.0 Å². The van der Waals surface area contributed by atoms with Gasteiger partial charge in [0.1, 0.15) is 0 Å². The molecule has 1 heterocycles. The van der Waals surface area contributed by atoms with Gasteiger partial charge in [0.15, 0.2) is 5.96 Å². The summed E-state index contributed by atoms with van der Waals surface area (Å²) in [6.07, 6.45) is 2.38. The fourth-order valence-electron chi connectivity index (χ4n) is 3.92. The number of hydrogen-bond donors (Lipinski definition) is 2. The van der Waals surface area contributed by atoms with Gasteiger partial charge in [-0.05, 0) is 43.0 Å². The van der Waals surface area contributed by atoms with E-state index in [1.54, 1.807) is 7.05 Å². The Hall–Kier alpha value is -3.02. The summed E-state index contributed by atoms with van der Waals surface area (Å²) in [5.41, 5.74) is 3.80. The van der Waals surface area contributed by atoms with Gasteiger partial charge in [0.25, 0.3) is 0 Å². The number of carbonyl (C=O) groups excluding carboxylic acids is 1. The smallest absolute Gasteiger partial charge is 0.223 e. The number of guanidine groups is 1. The van der Waals surface area contributed by atoms with Crippen LogP contribution in [0.4, 0.5) is 5.69 Å². The van der Waals surface area contributed by atoms with Crippen LogP contribution in [0.1, 0.15) is 37.3 Å². The van der Waals surface area contributed by atoms with Gasteiger partial charge in [-0.25, -0.2) is 0 Å². The first-order chi connectivity index (χ1) is 15.2. The molecular formula is C25H35N5O. The third-order valence-electron chi connectivity index (χ3n) is 5.68.